The number of aliphatic carboxylic acids is 2. The number of rotatable bonds is 5. The van der Waals surface area contributed by atoms with Crippen LogP contribution in [0.1, 0.15) is 19.4 Å². The average molecular weight is 333 g/mol. The molecule has 0 aliphatic rings. The monoisotopic (exact) mass is 332 g/mol. The quantitative estimate of drug-likeness (QED) is 0.395. The van der Waals surface area contributed by atoms with Gasteiger partial charge >= 0.3 is 59.1 Å². The fourth-order valence-corrected chi connectivity index (χ4v) is 0.864. The second-order valence-electron chi connectivity index (χ2n) is 3.69. The zero-order valence-corrected chi connectivity index (χ0v) is 17.4. The first-order valence-electron chi connectivity index (χ1n) is 5.56. The van der Waals surface area contributed by atoms with Crippen LogP contribution in [0.2, 0.25) is 0 Å². The summed E-state index contributed by atoms with van der Waals surface area (Å²) >= 11 is 4.95. The summed E-state index contributed by atoms with van der Waals surface area (Å²) in [5, 5.41) is 18.9. The summed E-state index contributed by atoms with van der Waals surface area (Å²) in [6.45, 7) is 3.10. The Morgan fingerprint density at radius 1 is 1.10 bits per heavy atom. The van der Waals surface area contributed by atoms with E-state index in [0.29, 0.717) is 6.61 Å². The summed E-state index contributed by atoms with van der Waals surface area (Å²) in [4.78, 5) is 19.7. The maximum atomic E-state index is 10.3. The molecular weight excluding hydrogens is 318 g/mol. The average Bonchev–Trinajstić information content (AvgIpc) is 2.37. The van der Waals surface area contributed by atoms with Crippen LogP contribution in [-0.4, -0.2) is 23.4 Å². The minimum absolute atomic E-state index is 0. The van der Waals surface area contributed by atoms with Gasteiger partial charge in [0.15, 0.2) is 0 Å². The second kappa shape index (κ2) is 15.3. The molecule has 1 aromatic rings. The maximum absolute atomic E-state index is 10.3. The summed E-state index contributed by atoms with van der Waals surface area (Å²) in [6.07, 6.45) is -0.861. The van der Waals surface area contributed by atoms with Gasteiger partial charge in [-0.2, -0.15) is 0 Å². The largest absolute Gasteiger partial charge is 1.00 e. The van der Waals surface area contributed by atoms with E-state index in [2.05, 4.69) is 0 Å². The van der Waals surface area contributed by atoms with Crippen LogP contribution in [0.15, 0.2) is 30.3 Å². The molecule has 0 N–H and O–H groups in total. The molecule has 21 heavy (non-hydrogen) atoms. The summed E-state index contributed by atoms with van der Waals surface area (Å²) < 4.78 is 5.03. The molecule has 106 valence electrons. The van der Waals surface area contributed by atoms with Crippen LogP contribution in [0.5, 0.6) is 0 Å². The number of hydrogen-bond acceptors (Lipinski definition) is 5. The Kier molecular flexibility index (Phi) is 19.2. The molecule has 0 saturated heterocycles. The first kappa shape index (κ1) is 26.3. The fourth-order valence-electron chi connectivity index (χ4n) is 0.864. The standard InChI is InChI=1S/C10H12O3.C3H5ClO2.2Na/c1-8(10(11)12)13-7-9-5-3-2-4-6-9;1-2(4)3(5)6;;/h2-6,8H,7H2,1H3,(H,11,12);2H,1H3,(H,5,6);;/q;;2*+1/p-2. The van der Waals surface area contributed by atoms with E-state index in [-0.39, 0.29) is 59.1 Å². The van der Waals surface area contributed by atoms with Crippen molar-refractivity contribution in [1.29, 1.82) is 0 Å². The molecule has 0 amide bonds. The number of carbonyl (C=O) groups is 2. The Bertz CT molecular complexity index is 401. The number of alkyl halides is 1. The Hall–Kier alpha value is 0.410. The molecule has 1 rings (SSSR count). The molecule has 0 aliphatic carbocycles. The third kappa shape index (κ3) is 15.1. The van der Waals surface area contributed by atoms with Gasteiger partial charge in [0.2, 0.25) is 0 Å². The van der Waals surface area contributed by atoms with Gasteiger partial charge in [0, 0.05) is 0 Å². The predicted octanol–water partition coefficient (Wildman–Crippen LogP) is -6.29. The Balaban J connectivity index is -0.000000352. The number of ether oxygens (including phenoxy) is 1. The van der Waals surface area contributed by atoms with Gasteiger partial charge in [0.25, 0.3) is 0 Å². The van der Waals surface area contributed by atoms with E-state index >= 15 is 0 Å². The fraction of sp³-hybridized carbons (Fsp3) is 0.385. The first-order valence-corrected chi connectivity index (χ1v) is 5.99. The Labute approximate surface area is 173 Å². The minimum Gasteiger partial charge on any atom is -0.549 e. The molecule has 0 heterocycles. The van der Waals surface area contributed by atoms with Gasteiger partial charge in [0.05, 0.1) is 30.0 Å². The van der Waals surface area contributed by atoms with Crippen LogP contribution in [0.3, 0.4) is 0 Å². The zero-order valence-electron chi connectivity index (χ0n) is 12.7. The van der Waals surface area contributed by atoms with Gasteiger partial charge < -0.3 is 24.5 Å². The second-order valence-corrected chi connectivity index (χ2v) is 4.35. The van der Waals surface area contributed by atoms with Crippen molar-refractivity contribution >= 4 is 23.5 Å². The van der Waals surface area contributed by atoms with E-state index in [1.807, 2.05) is 30.3 Å². The van der Waals surface area contributed by atoms with Crippen molar-refractivity contribution in [3.63, 3.8) is 0 Å². The number of carbonyl (C=O) groups excluding carboxylic acids is 2. The van der Waals surface area contributed by atoms with Crippen molar-refractivity contribution in [1.82, 2.24) is 0 Å². The maximum Gasteiger partial charge on any atom is 1.00 e. The van der Waals surface area contributed by atoms with Gasteiger partial charge in [-0.3, -0.25) is 0 Å². The van der Waals surface area contributed by atoms with E-state index in [1.165, 1.54) is 13.8 Å². The molecule has 5 nitrogen and oxygen atoms in total. The zero-order chi connectivity index (χ0) is 14.8. The number of carboxylic acid groups (broad SMARTS) is 2. The van der Waals surface area contributed by atoms with Crippen LogP contribution in [0.25, 0.3) is 0 Å². The molecule has 0 saturated carbocycles. The Morgan fingerprint density at radius 3 is 1.86 bits per heavy atom. The molecule has 0 aliphatic heterocycles. The van der Waals surface area contributed by atoms with Crippen molar-refractivity contribution in [2.45, 2.75) is 31.9 Å². The summed E-state index contributed by atoms with van der Waals surface area (Å²) in [5.74, 6) is -2.41. The molecule has 1 aromatic carbocycles. The summed E-state index contributed by atoms with van der Waals surface area (Å²) in [7, 11) is 0. The van der Waals surface area contributed by atoms with Gasteiger partial charge in [-0.05, 0) is 19.4 Å². The summed E-state index contributed by atoms with van der Waals surface area (Å²) in [6, 6.07) is 9.40. The molecule has 0 fully saturated rings. The normalized spacial score (nSPS) is 11.6. The van der Waals surface area contributed by atoms with Crippen molar-refractivity contribution in [3.05, 3.63) is 35.9 Å². The van der Waals surface area contributed by atoms with E-state index in [1.54, 1.807) is 0 Å². The molecule has 0 radical (unpaired) electrons. The Morgan fingerprint density at radius 2 is 1.52 bits per heavy atom. The number of benzene rings is 1. The molecule has 0 bridgehead atoms. The topological polar surface area (TPSA) is 89.5 Å². The van der Waals surface area contributed by atoms with E-state index in [9.17, 15) is 19.8 Å². The van der Waals surface area contributed by atoms with Crippen molar-refractivity contribution in [2.75, 3.05) is 0 Å². The van der Waals surface area contributed by atoms with Gasteiger partial charge in [-0.1, -0.05) is 30.3 Å². The molecule has 0 aromatic heterocycles. The SMILES string of the molecule is CC(Cl)C(=O)[O-].CC(OCc1ccccc1)C(=O)[O-].[Na+].[Na+]. The molecule has 8 heteroatoms. The molecule has 2 atom stereocenters. The first-order chi connectivity index (χ1) is 8.84. The predicted molar refractivity (Wildman–Crippen MR) is 66.0 cm³/mol. The van der Waals surface area contributed by atoms with Gasteiger partial charge in [-0.25, -0.2) is 0 Å². The van der Waals surface area contributed by atoms with E-state index in [4.69, 9.17) is 16.3 Å². The van der Waals surface area contributed by atoms with Gasteiger partial charge in [-0.15, -0.1) is 11.6 Å². The minimum atomic E-state index is -1.23. The van der Waals surface area contributed by atoms with Crippen molar-refractivity contribution in [2.24, 2.45) is 0 Å². The van der Waals surface area contributed by atoms with E-state index in [0.717, 1.165) is 5.56 Å². The van der Waals surface area contributed by atoms with Gasteiger partial charge in [0.1, 0.15) is 0 Å². The number of carboxylic acids is 2. The molecule has 2 unspecified atom stereocenters. The van der Waals surface area contributed by atoms with Crippen molar-refractivity contribution in [3.8, 4) is 0 Å². The van der Waals surface area contributed by atoms with Crippen LogP contribution in [0, 0.1) is 0 Å². The summed E-state index contributed by atoms with van der Waals surface area (Å²) in [5.41, 5.74) is 0.954. The van der Waals surface area contributed by atoms with Crippen LogP contribution in [0.4, 0.5) is 0 Å². The number of halogens is 1. The third-order valence-electron chi connectivity index (χ3n) is 2.00. The molecular formula is C13H15ClNa2O5. The van der Waals surface area contributed by atoms with Crippen LogP contribution in [-0.2, 0) is 20.9 Å². The number of hydrogen-bond donors (Lipinski definition) is 0. The molecule has 0 spiro atoms. The third-order valence-corrected chi connectivity index (χ3v) is 2.18. The van der Waals surface area contributed by atoms with Crippen LogP contribution < -0.4 is 69.3 Å². The smallest absolute Gasteiger partial charge is 0.549 e. The van der Waals surface area contributed by atoms with Crippen LogP contribution >= 0.6 is 11.6 Å². The van der Waals surface area contributed by atoms with Crippen molar-refractivity contribution < 1.29 is 83.7 Å². The van der Waals surface area contributed by atoms with E-state index < -0.39 is 23.4 Å².